The zero-order valence-electron chi connectivity index (χ0n) is 12.2. The number of nitrogens with two attached hydrogens (primary N) is 1. The second kappa shape index (κ2) is 6.01. The fraction of sp³-hybridized carbons (Fsp3) is 0.857. The van der Waals surface area contributed by atoms with Gasteiger partial charge in [-0.05, 0) is 38.6 Å². The minimum atomic E-state index is -0.464. The average Bonchev–Trinajstić information content (AvgIpc) is 2.96. The van der Waals surface area contributed by atoms with E-state index in [-0.39, 0.29) is 0 Å². The average molecular weight is 267 g/mol. The van der Waals surface area contributed by atoms with E-state index in [4.69, 9.17) is 15.0 Å². The van der Waals surface area contributed by atoms with Crippen molar-refractivity contribution in [1.29, 1.82) is 0 Å². The summed E-state index contributed by atoms with van der Waals surface area (Å²) in [6, 6.07) is 0. The number of rotatable bonds is 5. The first-order valence-corrected chi connectivity index (χ1v) is 7.24. The molecule has 2 rings (SSSR count). The lowest BCUT2D eigenvalue weighted by Crippen LogP contribution is -2.27. The topological polar surface area (TPSA) is 74.2 Å². The highest BCUT2D eigenvalue weighted by atomic mass is 16.5. The van der Waals surface area contributed by atoms with Crippen LogP contribution in [0.15, 0.2) is 4.52 Å². The quantitative estimate of drug-likeness (QED) is 0.887. The zero-order chi connectivity index (χ0) is 13.9. The van der Waals surface area contributed by atoms with Crippen LogP contribution in [0.3, 0.4) is 0 Å². The van der Waals surface area contributed by atoms with E-state index < -0.39 is 5.60 Å². The van der Waals surface area contributed by atoms with Gasteiger partial charge >= 0.3 is 0 Å². The predicted molar refractivity (Wildman–Crippen MR) is 72.7 cm³/mol. The van der Waals surface area contributed by atoms with E-state index in [0.717, 1.165) is 25.2 Å². The molecule has 5 nitrogen and oxygen atoms in total. The van der Waals surface area contributed by atoms with Crippen LogP contribution in [-0.4, -0.2) is 23.8 Å². The molecule has 2 N–H and O–H groups in total. The highest BCUT2D eigenvalue weighted by Crippen LogP contribution is 2.37. The Bertz CT molecular complexity index is 401. The third-order valence-corrected chi connectivity index (χ3v) is 4.57. The van der Waals surface area contributed by atoms with Gasteiger partial charge in [0.25, 0.3) is 0 Å². The van der Waals surface area contributed by atoms with E-state index in [2.05, 4.69) is 17.1 Å². The standard InChI is InChI=1S/C14H25N3O2/c1-4-14(2,18-3)13-16-12(19-17-13)11-8-6-5-7-10(11)9-15/h10-11H,4-9,15H2,1-3H3. The van der Waals surface area contributed by atoms with Crippen molar-refractivity contribution in [3.63, 3.8) is 0 Å². The molecule has 1 aromatic rings. The molecule has 1 saturated carbocycles. The molecule has 108 valence electrons. The Hall–Kier alpha value is -0.940. The molecule has 1 aliphatic carbocycles. The van der Waals surface area contributed by atoms with Crippen molar-refractivity contribution < 1.29 is 9.26 Å². The molecular weight excluding hydrogens is 242 g/mol. The predicted octanol–water partition coefficient (Wildman–Crippen LogP) is 2.57. The highest BCUT2D eigenvalue weighted by molar-refractivity contribution is 5.04. The van der Waals surface area contributed by atoms with Crippen molar-refractivity contribution >= 4 is 0 Å². The summed E-state index contributed by atoms with van der Waals surface area (Å²) in [6.45, 7) is 4.74. The summed E-state index contributed by atoms with van der Waals surface area (Å²) in [5.74, 6) is 2.17. The van der Waals surface area contributed by atoms with E-state index in [9.17, 15) is 0 Å². The van der Waals surface area contributed by atoms with Crippen molar-refractivity contribution in [3.8, 4) is 0 Å². The van der Waals surface area contributed by atoms with E-state index in [0.29, 0.717) is 24.2 Å². The van der Waals surface area contributed by atoms with Gasteiger partial charge in [-0.25, -0.2) is 0 Å². The van der Waals surface area contributed by atoms with Crippen LogP contribution in [0.4, 0.5) is 0 Å². The molecule has 3 unspecified atom stereocenters. The van der Waals surface area contributed by atoms with Crippen molar-refractivity contribution in [2.45, 2.75) is 57.5 Å². The van der Waals surface area contributed by atoms with Crippen LogP contribution in [0, 0.1) is 5.92 Å². The number of nitrogens with zero attached hydrogens (tertiary/aromatic N) is 2. The third kappa shape index (κ3) is 2.82. The monoisotopic (exact) mass is 267 g/mol. The lowest BCUT2D eigenvalue weighted by molar-refractivity contribution is -0.0106. The first-order chi connectivity index (χ1) is 9.14. The maximum Gasteiger partial charge on any atom is 0.230 e. The Kier molecular flexibility index (Phi) is 4.58. The lowest BCUT2D eigenvalue weighted by atomic mass is 9.79. The molecule has 19 heavy (non-hydrogen) atoms. The van der Waals surface area contributed by atoms with Crippen molar-refractivity contribution in [3.05, 3.63) is 11.7 Å². The van der Waals surface area contributed by atoms with Gasteiger partial charge in [0, 0.05) is 13.0 Å². The number of aromatic nitrogens is 2. The van der Waals surface area contributed by atoms with Gasteiger partial charge in [-0.2, -0.15) is 4.98 Å². The Morgan fingerprint density at radius 2 is 2.16 bits per heavy atom. The van der Waals surface area contributed by atoms with Gasteiger partial charge in [0.2, 0.25) is 11.7 Å². The third-order valence-electron chi connectivity index (χ3n) is 4.57. The summed E-state index contributed by atoms with van der Waals surface area (Å²) in [6.07, 6.45) is 5.54. The fourth-order valence-electron chi connectivity index (χ4n) is 2.81. The van der Waals surface area contributed by atoms with Gasteiger partial charge in [-0.1, -0.05) is 24.9 Å². The summed E-state index contributed by atoms with van der Waals surface area (Å²) >= 11 is 0. The SMILES string of the molecule is CCC(C)(OC)c1noc(C2CCCCC2CN)n1. The number of hydrogen-bond donors (Lipinski definition) is 1. The van der Waals surface area contributed by atoms with E-state index in [1.54, 1.807) is 7.11 Å². The van der Waals surface area contributed by atoms with Crippen molar-refractivity contribution in [2.75, 3.05) is 13.7 Å². The largest absolute Gasteiger partial charge is 0.370 e. The summed E-state index contributed by atoms with van der Waals surface area (Å²) in [5, 5.41) is 4.12. The second-order valence-corrected chi connectivity index (χ2v) is 5.63. The van der Waals surface area contributed by atoms with Crippen LogP contribution in [0.1, 0.15) is 63.6 Å². The maximum absolute atomic E-state index is 5.86. The molecule has 5 heteroatoms. The smallest absolute Gasteiger partial charge is 0.230 e. The molecule has 0 amide bonds. The molecule has 0 spiro atoms. The highest BCUT2D eigenvalue weighted by Gasteiger charge is 2.34. The van der Waals surface area contributed by atoms with Gasteiger partial charge in [-0.15, -0.1) is 0 Å². The first-order valence-electron chi connectivity index (χ1n) is 7.24. The van der Waals surface area contributed by atoms with Crippen LogP contribution in [0.2, 0.25) is 0 Å². The van der Waals surface area contributed by atoms with Crippen LogP contribution >= 0.6 is 0 Å². The molecule has 3 atom stereocenters. The van der Waals surface area contributed by atoms with Crippen LogP contribution < -0.4 is 5.73 Å². The Morgan fingerprint density at radius 3 is 2.79 bits per heavy atom. The van der Waals surface area contributed by atoms with Crippen LogP contribution in [-0.2, 0) is 10.3 Å². The van der Waals surface area contributed by atoms with Crippen LogP contribution in [0.25, 0.3) is 0 Å². The van der Waals surface area contributed by atoms with Crippen molar-refractivity contribution in [1.82, 2.24) is 10.1 Å². The normalized spacial score (nSPS) is 27.2. The summed E-state index contributed by atoms with van der Waals surface area (Å²) < 4.78 is 11.0. The Labute approximate surface area is 114 Å². The minimum Gasteiger partial charge on any atom is -0.370 e. The molecule has 0 saturated heterocycles. The zero-order valence-corrected chi connectivity index (χ0v) is 12.2. The minimum absolute atomic E-state index is 0.318. The fourth-order valence-corrected chi connectivity index (χ4v) is 2.81. The van der Waals surface area contributed by atoms with Gasteiger partial charge in [0.15, 0.2) is 0 Å². The van der Waals surface area contributed by atoms with E-state index in [1.807, 2.05) is 6.92 Å². The Morgan fingerprint density at radius 1 is 1.42 bits per heavy atom. The molecule has 1 aliphatic rings. The maximum atomic E-state index is 5.86. The van der Waals surface area contributed by atoms with Crippen LogP contribution in [0.5, 0.6) is 0 Å². The molecule has 1 fully saturated rings. The van der Waals surface area contributed by atoms with Gasteiger partial charge in [0.1, 0.15) is 5.60 Å². The van der Waals surface area contributed by atoms with Gasteiger partial charge in [-0.3, -0.25) is 0 Å². The van der Waals surface area contributed by atoms with Gasteiger partial charge in [0.05, 0.1) is 0 Å². The molecular formula is C14H25N3O2. The molecule has 1 aromatic heterocycles. The summed E-state index contributed by atoms with van der Waals surface area (Å²) in [5.41, 5.74) is 5.40. The lowest BCUT2D eigenvalue weighted by Gasteiger charge is -2.27. The van der Waals surface area contributed by atoms with E-state index in [1.165, 1.54) is 12.8 Å². The molecule has 0 bridgehead atoms. The summed E-state index contributed by atoms with van der Waals surface area (Å²) in [7, 11) is 1.68. The molecule has 1 heterocycles. The number of ether oxygens (including phenoxy) is 1. The Balaban J connectivity index is 2.20. The van der Waals surface area contributed by atoms with E-state index >= 15 is 0 Å². The van der Waals surface area contributed by atoms with Gasteiger partial charge < -0.3 is 15.0 Å². The van der Waals surface area contributed by atoms with Crippen molar-refractivity contribution in [2.24, 2.45) is 11.7 Å². The molecule has 0 radical (unpaired) electrons. The summed E-state index contributed by atoms with van der Waals surface area (Å²) in [4.78, 5) is 4.59. The second-order valence-electron chi connectivity index (χ2n) is 5.63. The molecule has 0 aromatic carbocycles. The first kappa shape index (κ1) is 14.5. The molecule has 0 aliphatic heterocycles. The number of methoxy groups -OCH3 is 1. The number of hydrogen-bond acceptors (Lipinski definition) is 5.